The molecule has 184 valence electrons. The van der Waals surface area contributed by atoms with Crippen molar-refractivity contribution < 1.29 is 4.79 Å². The van der Waals surface area contributed by atoms with E-state index in [1.165, 1.54) is 5.69 Å². The molecule has 8 heteroatoms. The average Bonchev–Trinajstić information content (AvgIpc) is 2.82. The monoisotopic (exact) mass is 473 g/mol. The quantitative estimate of drug-likeness (QED) is 0.464. The predicted molar refractivity (Wildman–Crippen MR) is 144 cm³/mol. The Morgan fingerprint density at radius 1 is 0.914 bits per heavy atom. The van der Waals surface area contributed by atoms with Gasteiger partial charge in [0.1, 0.15) is 5.82 Å². The van der Waals surface area contributed by atoms with E-state index in [1.807, 2.05) is 52.0 Å². The Morgan fingerprint density at radius 2 is 1.60 bits per heavy atom. The summed E-state index contributed by atoms with van der Waals surface area (Å²) >= 11 is 0. The number of nitrogens with zero attached hydrogens (tertiary/aromatic N) is 4. The van der Waals surface area contributed by atoms with E-state index in [2.05, 4.69) is 67.0 Å². The van der Waals surface area contributed by atoms with Gasteiger partial charge in [0.2, 0.25) is 11.9 Å². The number of aryl methyl sites for hydroxylation is 1. The molecule has 0 radical (unpaired) electrons. The molecule has 0 saturated carbocycles. The van der Waals surface area contributed by atoms with E-state index < -0.39 is 5.41 Å². The normalized spacial score (nSPS) is 14.5. The van der Waals surface area contributed by atoms with Crippen LogP contribution in [0.15, 0.2) is 54.7 Å². The van der Waals surface area contributed by atoms with Crippen LogP contribution in [0.25, 0.3) is 0 Å². The molecule has 0 unspecified atom stereocenters. The summed E-state index contributed by atoms with van der Waals surface area (Å²) in [7, 11) is 2.16. The van der Waals surface area contributed by atoms with Gasteiger partial charge in [0.15, 0.2) is 0 Å². The standard InChI is InChI=1S/C27H35N7O/c1-19-18-28-26(31-20-9-11-23(12-10-20)34-15-13-33(5)14-16-34)32-24(19)29-21-7-6-8-22(17-21)30-25(35)27(2,3)4/h6-12,17-18H,13-16H2,1-5H3,(H,30,35)(H2,28,29,31,32). The molecule has 1 aliphatic heterocycles. The molecule has 1 amide bonds. The van der Waals surface area contributed by atoms with Crippen LogP contribution < -0.4 is 20.9 Å². The number of anilines is 6. The van der Waals surface area contributed by atoms with E-state index in [9.17, 15) is 4.79 Å². The van der Waals surface area contributed by atoms with Crippen LogP contribution in [0.4, 0.5) is 34.5 Å². The highest BCUT2D eigenvalue weighted by atomic mass is 16.2. The number of rotatable bonds is 6. The minimum absolute atomic E-state index is 0.0296. The van der Waals surface area contributed by atoms with E-state index in [0.717, 1.165) is 48.8 Å². The van der Waals surface area contributed by atoms with Gasteiger partial charge in [-0.2, -0.15) is 4.98 Å². The Kier molecular flexibility index (Phi) is 7.21. The number of piperazine rings is 1. The molecule has 3 N–H and O–H groups in total. The summed E-state index contributed by atoms with van der Waals surface area (Å²) in [6.45, 7) is 11.9. The third kappa shape index (κ3) is 6.48. The maximum absolute atomic E-state index is 12.3. The summed E-state index contributed by atoms with van der Waals surface area (Å²) in [6, 6.07) is 16.0. The highest BCUT2D eigenvalue weighted by Gasteiger charge is 2.21. The number of amides is 1. The van der Waals surface area contributed by atoms with Crippen molar-refractivity contribution in [2.75, 3.05) is 54.1 Å². The SMILES string of the molecule is Cc1cnc(Nc2ccc(N3CCN(C)CC3)cc2)nc1Nc1cccc(NC(=O)C(C)(C)C)c1. The van der Waals surface area contributed by atoms with Gasteiger partial charge in [-0.05, 0) is 56.4 Å². The van der Waals surface area contributed by atoms with Gasteiger partial charge in [0.25, 0.3) is 0 Å². The van der Waals surface area contributed by atoms with Crippen molar-refractivity contribution in [1.29, 1.82) is 0 Å². The fourth-order valence-electron chi connectivity index (χ4n) is 3.71. The van der Waals surface area contributed by atoms with Gasteiger partial charge in [-0.25, -0.2) is 4.98 Å². The Hall–Kier alpha value is -3.65. The first-order chi connectivity index (χ1) is 16.7. The predicted octanol–water partition coefficient (Wildman–Crippen LogP) is 5.01. The number of nitrogens with one attached hydrogen (secondary N) is 3. The van der Waals surface area contributed by atoms with Gasteiger partial charge in [-0.3, -0.25) is 4.79 Å². The lowest BCUT2D eigenvalue weighted by Crippen LogP contribution is -2.44. The van der Waals surface area contributed by atoms with Crippen molar-refractivity contribution in [1.82, 2.24) is 14.9 Å². The van der Waals surface area contributed by atoms with Gasteiger partial charge in [-0.15, -0.1) is 0 Å². The van der Waals surface area contributed by atoms with Crippen molar-refractivity contribution in [3.05, 3.63) is 60.3 Å². The van der Waals surface area contributed by atoms with Crippen molar-refractivity contribution in [3.8, 4) is 0 Å². The van der Waals surface area contributed by atoms with Gasteiger partial charge in [-0.1, -0.05) is 26.8 Å². The zero-order valence-electron chi connectivity index (χ0n) is 21.2. The fourth-order valence-corrected chi connectivity index (χ4v) is 3.71. The molecular formula is C27H35N7O. The summed E-state index contributed by atoms with van der Waals surface area (Å²) < 4.78 is 0. The van der Waals surface area contributed by atoms with E-state index in [1.54, 1.807) is 6.20 Å². The summed E-state index contributed by atoms with van der Waals surface area (Å²) in [6.07, 6.45) is 1.79. The Bertz CT molecular complexity index is 1160. The molecule has 3 aromatic rings. The molecule has 0 bridgehead atoms. The lowest BCUT2D eigenvalue weighted by molar-refractivity contribution is -0.123. The first kappa shape index (κ1) is 24.5. The largest absolute Gasteiger partial charge is 0.369 e. The lowest BCUT2D eigenvalue weighted by Gasteiger charge is -2.34. The molecule has 35 heavy (non-hydrogen) atoms. The number of hydrogen-bond donors (Lipinski definition) is 3. The Labute approximate surface area is 207 Å². The van der Waals surface area contributed by atoms with Crippen LogP contribution in [0.5, 0.6) is 0 Å². The average molecular weight is 474 g/mol. The first-order valence-corrected chi connectivity index (χ1v) is 12.0. The van der Waals surface area contributed by atoms with E-state index >= 15 is 0 Å². The van der Waals surface area contributed by atoms with Crippen LogP contribution >= 0.6 is 0 Å². The summed E-state index contributed by atoms with van der Waals surface area (Å²) in [5.41, 5.74) is 4.20. The molecule has 1 fully saturated rings. The third-order valence-corrected chi connectivity index (χ3v) is 6.03. The van der Waals surface area contributed by atoms with E-state index in [0.29, 0.717) is 11.8 Å². The summed E-state index contributed by atoms with van der Waals surface area (Å²) in [4.78, 5) is 26.2. The highest BCUT2D eigenvalue weighted by molar-refractivity contribution is 5.95. The van der Waals surface area contributed by atoms with Crippen molar-refractivity contribution in [2.24, 2.45) is 5.41 Å². The van der Waals surface area contributed by atoms with Gasteiger partial charge in [0, 0.05) is 66.1 Å². The number of carbonyl (C=O) groups excluding carboxylic acids is 1. The maximum Gasteiger partial charge on any atom is 0.229 e. The second kappa shape index (κ2) is 10.3. The van der Waals surface area contributed by atoms with E-state index in [-0.39, 0.29) is 5.91 Å². The van der Waals surface area contributed by atoms with Gasteiger partial charge >= 0.3 is 0 Å². The van der Waals surface area contributed by atoms with Crippen LogP contribution in [0, 0.1) is 12.3 Å². The minimum atomic E-state index is -0.462. The second-order valence-electron chi connectivity index (χ2n) is 10.1. The number of hydrogen-bond acceptors (Lipinski definition) is 7. The Balaban J connectivity index is 1.43. The molecule has 2 aromatic carbocycles. The van der Waals surface area contributed by atoms with Crippen LogP contribution in [0.1, 0.15) is 26.3 Å². The maximum atomic E-state index is 12.3. The molecule has 1 aromatic heterocycles. The molecule has 0 aliphatic carbocycles. The van der Waals surface area contributed by atoms with Crippen LogP contribution in [-0.2, 0) is 4.79 Å². The third-order valence-electron chi connectivity index (χ3n) is 6.03. The molecule has 1 saturated heterocycles. The topological polar surface area (TPSA) is 85.4 Å². The molecule has 4 rings (SSSR count). The number of aromatic nitrogens is 2. The van der Waals surface area contributed by atoms with Crippen LogP contribution in [-0.4, -0.2) is 54.0 Å². The number of benzene rings is 2. The molecule has 0 atom stereocenters. The van der Waals surface area contributed by atoms with Crippen LogP contribution in [0.3, 0.4) is 0 Å². The smallest absolute Gasteiger partial charge is 0.229 e. The van der Waals surface area contributed by atoms with Crippen molar-refractivity contribution in [2.45, 2.75) is 27.7 Å². The molecule has 1 aliphatic rings. The zero-order chi connectivity index (χ0) is 25.0. The zero-order valence-corrected chi connectivity index (χ0v) is 21.2. The second-order valence-corrected chi connectivity index (χ2v) is 10.1. The minimum Gasteiger partial charge on any atom is -0.369 e. The van der Waals surface area contributed by atoms with Crippen molar-refractivity contribution in [3.63, 3.8) is 0 Å². The van der Waals surface area contributed by atoms with Crippen LogP contribution in [0.2, 0.25) is 0 Å². The lowest BCUT2D eigenvalue weighted by atomic mass is 9.95. The molecule has 8 nitrogen and oxygen atoms in total. The molecule has 0 spiro atoms. The van der Waals surface area contributed by atoms with E-state index in [4.69, 9.17) is 0 Å². The van der Waals surface area contributed by atoms with Gasteiger partial charge < -0.3 is 25.8 Å². The number of carbonyl (C=O) groups is 1. The Morgan fingerprint density at radius 3 is 2.29 bits per heavy atom. The molecular weight excluding hydrogens is 438 g/mol. The van der Waals surface area contributed by atoms with Gasteiger partial charge in [0.05, 0.1) is 0 Å². The summed E-state index contributed by atoms with van der Waals surface area (Å²) in [5, 5.41) is 9.62. The highest BCUT2D eigenvalue weighted by Crippen LogP contribution is 2.25. The first-order valence-electron chi connectivity index (χ1n) is 12.0. The fraction of sp³-hybridized carbons (Fsp3) is 0.370. The molecule has 2 heterocycles. The van der Waals surface area contributed by atoms with Crippen molar-refractivity contribution >= 4 is 40.4 Å². The number of likely N-dealkylation sites (N-methyl/N-ethyl adjacent to an activating group) is 1. The summed E-state index contributed by atoms with van der Waals surface area (Å²) in [5.74, 6) is 1.19.